The number of ether oxygens (including phenoxy) is 2. The molecule has 1 aromatic carbocycles. The van der Waals surface area contributed by atoms with Crippen molar-refractivity contribution in [3.05, 3.63) is 42.4 Å². The Labute approximate surface area is 194 Å². The molecule has 0 aliphatic carbocycles. The van der Waals surface area contributed by atoms with Gasteiger partial charge in [-0.25, -0.2) is 0 Å². The van der Waals surface area contributed by atoms with E-state index in [2.05, 4.69) is 51.4 Å². The first-order chi connectivity index (χ1) is 14.2. The highest BCUT2D eigenvalue weighted by Crippen LogP contribution is 2.45. The molecule has 5 nitrogen and oxygen atoms in total. The quantitative estimate of drug-likeness (QED) is 0.162. The van der Waals surface area contributed by atoms with E-state index >= 15 is 0 Å². The molecular formula is C23H38O5SSi2. The zero-order valence-electron chi connectivity index (χ0n) is 20.2. The summed E-state index contributed by atoms with van der Waals surface area (Å²) >= 11 is 1.71. The number of benzene rings is 1. The van der Waals surface area contributed by atoms with Crippen LogP contribution in [-0.4, -0.2) is 46.7 Å². The van der Waals surface area contributed by atoms with E-state index in [1.165, 1.54) is 13.2 Å². The van der Waals surface area contributed by atoms with Crippen LogP contribution in [0.4, 0.5) is 0 Å². The Balaban J connectivity index is 2.20. The molecule has 0 N–H and O–H groups in total. The minimum atomic E-state index is -1.88. The van der Waals surface area contributed by atoms with Gasteiger partial charge in [-0.05, 0) is 64.8 Å². The SMILES string of the molecule is CO/C(=C/C(=O)CC1(CSc2ccccc2)CCC(C)(O[Si](C)(C)C)O1)O[Si](C)(C)C. The summed E-state index contributed by atoms with van der Waals surface area (Å²) in [5, 5.41) is 0. The highest BCUT2D eigenvalue weighted by molar-refractivity contribution is 7.99. The minimum absolute atomic E-state index is 0.0546. The smallest absolute Gasteiger partial charge is 0.268 e. The first-order valence-corrected chi connectivity index (χ1v) is 18.6. The lowest BCUT2D eigenvalue weighted by Crippen LogP contribution is -2.44. The predicted octanol–water partition coefficient (Wildman–Crippen LogP) is 6.19. The highest BCUT2D eigenvalue weighted by atomic mass is 32.2. The van der Waals surface area contributed by atoms with E-state index in [-0.39, 0.29) is 18.1 Å². The van der Waals surface area contributed by atoms with Gasteiger partial charge in [-0.1, -0.05) is 18.2 Å². The lowest BCUT2D eigenvalue weighted by Gasteiger charge is -2.36. The zero-order chi connectivity index (χ0) is 23.3. The van der Waals surface area contributed by atoms with Gasteiger partial charge in [0, 0.05) is 23.5 Å². The Morgan fingerprint density at radius 1 is 1.10 bits per heavy atom. The van der Waals surface area contributed by atoms with E-state index in [9.17, 15) is 4.79 Å². The average molecular weight is 483 g/mol. The summed E-state index contributed by atoms with van der Waals surface area (Å²) in [4.78, 5) is 14.2. The molecule has 0 amide bonds. The van der Waals surface area contributed by atoms with E-state index in [4.69, 9.17) is 18.3 Å². The molecule has 0 aromatic heterocycles. The largest absolute Gasteiger partial charge is 0.520 e. The summed E-state index contributed by atoms with van der Waals surface area (Å²) < 4.78 is 24.2. The third-order valence-corrected chi connectivity index (χ3v) is 7.75. The molecule has 1 aromatic rings. The van der Waals surface area contributed by atoms with Gasteiger partial charge in [-0.15, -0.1) is 11.8 Å². The van der Waals surface area contributed by atoms with Crippen LogP contribution >= 0.6 is 11.8 Å². The van der Waals surface area contributed by atoms with Crippen LogP contribution < -0.4 is 0 Å². The van der Waals surface area contributed by atoms with Crippen LogP contribution in [0.2, 0.25) is 39.3 Å². The lowest BCUT2D eigenvalue weighted by molar-refractivity contribution is -0.194. The third kappa shape index (κ3) is 9.14. The van der Waals surface area contributed by atoms with Gasteiger partial charge in [0.25, 0.3) is 5.95 Å². The first kappa shape index (κ1) is 26.2. The Bertz CT molecular complexity index is 772. The van der Waals surface area contributed by atoms with Crippen molar-refractivity contribution in [1.29, 1.82) is 0 Å². The summed E-state index contributed by atoms with van der Waals surface area (Å²) in [6.45, 7) is 14.7. The van der Waals surface area contributed by atoms with Crippen molar-refractivity contribution in [2.24, 2.45) is 0 Å². The monoisotopic (exact) mass is 482 g/mol. The Hall–Kier alpha value is -1.07. The van der Waals surface area contributed by atoms with E-state index in [1.807, 2.05) is 25.1 Å². The number of allylic oxidation sites excluding steroid dienone is 1. The molecule has 1 aliphatic rings. The van der Waals surface area contributed by atoms with Gasteiger partial charge in [0.05, 0.1) is 18.8 Å². The van der Waals surface area contributed by atoms with Crippen molar-refractivity contribution in [3.63, 3.8) is 0 Å². The molecule has 0 saturated carbocycles. The molecule has 0 bridgehead atoms. The summed E-state index contributed by atoms with van der Waals surface area (Å²) in [6.07, 6.45) is 3.28. The van der Waals surface area contributed by atoms with Crippen molar-refractivity contribution in [3.8, 4) is 0 Å². The number of ketones is 1. The highest BCUT2D eigenvalue weighted by Gasteiger charge is 2.49. The summed E-state index contributed by atoms with van der Waals surface area (Å²) in [5.41, 5.74) is -0.597. The van der Waals surface area contributed by atoms with Gasteiger partial charge in [0.2, 0.25) is 8.32 Å². The minimum Gasteiger partial charge on any atom is -0.520 e. The average Bonchev–Trinajstić information content (AvgIpc) is 2.93. The number of hydrogen-bond acceptors (Lipinski definition) is 6. The Morgan fingerprint density at radius 2 is 1.74 bits per heavy atom. The van der Waals surface area contributed by atoms with E-state index in [0.717, 1.165) is 17.7 Å². The maximum Gasteiger partial charge on any atom is 0.268 e. The lowest BCUT2D eigenvalue weighted by atomic mass is 9.95. The van der Waals surface area contributed by atoms with Crippen molar-refractivity contribution >= 4 is 34.2 Å². The second-order valence-electron chi connectivity index (χ2n) is 10.3. The van der Waals surface area contributed by atoms with E-state index < -0.39 is 28.0 Å². The fourth-order valence-electron chi connectivity index (χ4n) is 3.68. The predicted molar refractivity (Wildman–Crippen MR) is 132 cm³/mol. The van der Waals surface area contributed by atoms with E-state index in [0.29, 0.717) is 5.75 Å². The molecule has 1 fully saturated rings. The van der Waals surface area contributed by atoms with Crippen LogP contribution in [0, 0.1) is 0 Å². The maximum absolute atomic E-state index is 13.0. The molecule has 0 spiro atoms. The summed E-state index contributed by atoms with van der Waals surface area (Å²) in [7, 11) is -2.15. The number of methoxy groups -OCH3 is 1. The Kier molecular flexibility index (Phi) is 8.66. The van der Waals surface area contributed by atoms with E-state index in [1.54, 1.807) is 11.8 Å². The van der Waals surface area contributed by atoms with Gasteiger partial charge in [-0.3, -0.25) is 4.79 Å². The van der Waals surface area contributed by atoms with Gasteiger partial charge >= 0.3 is 0 Å². The molecule has 8 heteroatoms. The molecule has 2 atom stereocenters. The third-order valence-electron chi connectivity index (χ3n) is 4.62. The van der Waals surface area contributed by atoms with Crippen molar-refractivity contribution in [1.82, 2.24) is 0 Å². The van der Waals surface area contributed by atoms with Crippen LogP contribution in [0.5, 0.6) is 0 Å². The zero-order valence-corrected chi connectivity index (χ0v) is 23.1. The topological polar surface area (TPSA) is 54.0 Å². The van der Waals surface area contributed by atoms with Crippen LogP contribution in [0.25, 0.3) is 0 Å². The van der Waals surface area contributed by atoms with Crippen LogP contribution in [0.1, 0.15) is 26.2 Å². The second kappa shape index (κ2) is 10.2. The van der Waals surface area contributed by atoms with Gasteiger partial charge in [0.15, 0.2) is 19.9 Å². The molecular weight excluding hydrogens is 444 g/mol. The number of hydrogen-bond donors (Lipinski definition) is 0. The van der Waals surface area contributed by atoms with Crippen molar-refractivity contribution in [2.75, 3.05) is 12.9 Å². The van der Waals surface area contributed by atoms with Crippen molar-refractivity contribution in [2.45, 2.75) is 81.8 Å². The normalized spacial score (nSPS) is 24.8. The molecule has 31 heavy (non-hydrogen) atoms. The van der Waals surface area contributed by atoms with Gasteiger partial charge in [0.1, 0.15) is 0 Å². The maximum atomic E-state index is 13.0. The molecule has 1 aliphatic heterocycles. The number of carbonyl (C=O) groups excluding carboxylic acids is 1. The molecule has 2 rings (SSSR count). The van der Waals surface area contributed by atoms with Crippen LogP contribution in [0.3, 0.4) is 0 Å². The molecule has 1 saturated heterocycles. The molecule has 174 valence electrons. The number of carbonyl (C=O) groups is 1. The standard InChI is InChI=1S/C23H38O5SSi2/c1-22(28-31(6,7)8)14-15-23(27-22,18-29-20-12-10-9-11-13-20)17-19(24)16-21(25-2)26-30(3,4)5/h9-13,16H,14-15,17-18H2,1-8H3/b21-16-. The molecule has 0 radical (unpaired) electrons. The Morgan fingerprint density at radius 3 is 2.29 bits per heavy atom. The fourth-order valence-corrected chi connectivity index (χ4v) is 6.94. The molecule has 1 heterocycles. The second-order valence-corrected chi connectivity index (χ2v) is 20.2. The van der Waals surface area contributed by atoms with Gasteiger partial charge < -0.3 is 18.3 Å². The number of rotatable bonds is 11. The van der Waals surface area contributed by atoms with Gasteiger partial charge in [-0.2, -0.15) is 0 Å². The summed E-state index contributed by atoms with van der Waals surface area (Å²) in [5.74, 6) is 0.249. The summed E-state index contributed by atoms with van der Waals surface area (Å²) in [6, 6.07) is 10.2. The first-order valence-electron chi connectivity index (χ1n) is 10.8. The number of thioether (sulfide) groups is 1. The van der Waals surface area contributed by atoms with Crippen molar-refractivity contribution < 1.29 is 23.1 Å². The fraction of sp³-hybridized carbons (Fsp3) is 0.609. The molecule has 2 unspecified atom stereocenters. The van der Waals surface area contributed by atoms with Crippen LogP contribution in [0.15, 0.2) is 47.2 Å². The van der Waals surface area contributed by atoms with Crippen LogP contribution in [-0.2, 0) is 23.1 Å².